The number of benzene rings is 1. The van der Waals surface area contributed by atoms with Gasteiger partial charge in [0.1, 0.15) is 0 Å². The van der Waals surface area contributed by atoms with Gasteiger partial charge in [0.05, 0.1) is 12.3 Å². The van der Waals surface area contributed by atoms with Crippen LogP contribution in [0.4, 0.5) is 0 Å². The van der Waals surface area contributed by atoms with Crippen LogP contribution in [0.25, 0.3) is 0 Å². The predicted molar refractivity (Wildman–Crippen MR) is 103 cm³/mol. The largest absolute Gasteiger partial charge is 0.340 e. The Hall–Kier alpha value is -1.24. The number of piperidine rings is 1. The van der Waals surface area contributed by atoms with Crippen molar-refractivity contribution >= 4 is 36.0 Å². The lowest BCUT2D eigenvalue weighted by Gasteiger charge is -2.41. The highest BCUT2D eigenvalue weighted by atomic mass is 35.5. The molecule has 2 aliphatic heterocycles. The highest BCUT2D eigenvalue weighted by Crippen LogP contribution is 2.23. The van der Waals surface area contributed by atoms with Crippen LogP contribution in [0.5, 0.6) is 0 Å². The van der Waals surface area contributed by atoms with Crippen LogP contribution in [0.15, 0.2) is 29.2 Å². The molecule has 3 rings (SSSR count). The fourth-order valence-corrected chi connectivity index (χ4v) is 4.32. The average molecular weight is 384 g/mol. The molecule has 0 saturated carbocycles. The molecule has 2 fully saturated rings. The second kappa shape index (κ2) is 9.46. The molecule has 1 aromatic carbocycles. The third-order valence-corrected chi connectivity index (χ3v) is 5.92. The van der Waals surface area contributed by atoms with E-state index in [9.17, 15) is 9.59 Å². The summed E-state index contributed by atoms with van der Waals surface area (Å²) in [5.41, 5.74) is 1.21. The van der Waals surface area contributed by atoms with Crippen molar-refractivity contribution in [3.8, 4) is 0 Å². The van der Waals surface area contributed by atoms with Gasteiger partial charge in [-0.15, -0.1) is 24.2 Å². The molecule has 2 saturated heterocycles. The summed E-state index contributed by atoms with van der Waals surface area (Å²) in [6, 6.07) is 8.33. The summed E-state index contributed by atoms with van der Waals surface area (Å²) in [4.78, 5) is 29.7. The van der Waals surface area contributed by atoms with Crippen LogP contribution in [0.3, 0.4) is 0 Å². The van der Waals surface area contributed by atoms with Crippen molar-refractivity contribution in [3.63, 3.8) is 0 Å². The van der Waals surface area contributed by atoms with Crippen molar-refractivity contribution in [2.24, 2.45) is 0 Å². The van der Waals surface area contributed by atoms with Gasteiger partial charge in [-0.25, -0.2) is 0 Å². The Balaban J connectivity index is 0.00000225. The molecule has 0 aromatic heterocycles. The lowest BCUT2D eigenvalue weighted by Crippen LogP contribution is -2.57. The molecule has 0 radical (unpaired) electrons. The third-order valence-electron chi connectivity index (χ3n) is 4.76. The standard InChI is InChI=1S/C18H25N3O2S.ClH/c1-14-5-2-3-7-16(14)24-13-18(23)20-9-4-6-15(12-20)21-10-8-19-11-17(21)22;/h2-3,5,7,15,19H,4,6,8-13H2,1H3;1H. The van der Waals surface area contributed by atoms with E-state index >= 15 is 0 Å². The van der Waals surface area contributed by atoms with E-state index in [4.69, 9.17) is 0 Å². The fourth-order valence-electron chi connectivity index (χ4n) is 3.39. The van der Waals surface area contributed by atoms with Gasteiger partial charge in [0, 0.05) is 37.1 Å². The fraction of sp³-hybridized carbons (Fsp3) is 0.556. The molecule has 1 aromatic rings. The maximum absolute atomic E-state index is 12.6. The zero-order valence-electron chi connectivity index (χ0n) is 14.6. The van der Waals surface area contributed by atoms with Crippen molar-refractivity contribution in [2.75, 3.05) is 38.5 Å². The van der Waals surface area contributed by atoms with Gasteiger partial charge in [-0.2, -0.15) is 0 Å². The first-order chi connectivity index (χ1) is 11.6. The van der Waals surface area contributed by atoms with E-state index in [0.717, 1.165) is 37.4 Å². The highest BCUT2D eigenvalue weighted by Gasteiger charge is 2.31. The topological polar surface area (TPSA) is 52.7 Å². The number of amides is 2. The number of piperazine rings is 1. The van der Waals surface area contributed by atoms with E-state index in [-0.39, 0.29) is 30.3 Å². The van der Waals surface area contributed by atoms with Gasteiger partial charge in [-0.05, 0) is 31.4 Å². The Bertz CT molecular complexity index is 614. The van der Waals surface area contributed by atoms with Gasteiger partial charge in [-0.1, -0.05) is 18.2 Å². The SMILES string of the molecule is Cc1ccccc1SCC(=O)N1CCCC(N2CCNCC2=O)C1.Cl. The zero-order valence-corrected chi connectivity index (χ0v) is 16.2. The summed E-state index contributed by atoms with van der Waals surface area (Å²) in [5, 5.41) is 3.11. The lowest BCUT2D eigenvalue weighted by atomic mass is 10.0. The number of nitrogens with zero attached hydrogens (tertiary/aromatic N) is 2. The molecule has 25 heavy (non-hydrogen) atoms. The summed E-state index contributed by atoms with van der Waals surface area (Å²) in [6.45, 7) is 5.58. The number of hydrogen-bond donors (Lipinski definition) is 1. The van der Waals surface area contributed by atoms with Gasteiger partial charge in [0.25, 0.3) is 0 Å². The molecule has 2 amide bonds. The number of nitrogens with one attached hydrogen (secondary N) is 1. The zero-order chi connectivity index (χ0) is 16.9. The van der Waals surface area contributed by atoms with Crippen LogP contribution in [0, 0.1) is 6.92 Å². The van der Waals surface area contributed by atoms with Crippen LogP contribution in [-0.2, 0) is 9.59 Å². The first-order valence-electron chi connectivity index (χ1n) is 8.61. The molecule has 138 valence electrons. The first-order valence-corrected chi connectivity index (χ1v) is 9.60. The monoisotopic (exact) mass is 383 g/mol. The van der Waals surface area contributed by atoms with E-state index in [1.165, 1.54) is 5.56 Å². The number of rotatable bonds is 4. The summed E-state index contributed by atoms with van der Waals surface area (Å²) in [6.07, 6.45) is 1.98. The molecular weight excluding hydrogens is 358 g/mol. The van der Waals surface area contributed by atoms with Crippen LogP contribution in [-0.4, -0.2) is 66.1 Å². The molecule has 1 N–H and O–H groups in total. The van der Waals surface area contributed by atoms with Crippen LogP contribution < -0.4 is 5.32 Å². The van der Waals surface area contributed by atoms with E-state index in [1.54, 1.807) is 11.8 Å². The summed E-state index contributed by atoms with van der Waals surface area (Å²) >= 11 is 1.60. The number of likely N-dealkylation sites (tertiary alicyclic amines) is 1. The van der Waals surface area contributed by atoms with E-state index < -0.39 is 0 Å². The Morgan fingerprint density at radius 2 is 2.12 bits per heavy atom. The molecule has 7 heteroatoms. The van der Waals surface area contributed by atoms with Crippen LogP contribution in [0.2, 0.25) is 0 Å². The van der Waals surface area contributed by atoms with Gasteiger partial charge < -0.3 is 15.1 Å². The van der Waals surface area contributed by atoms with Crippen molar-refractivity contribution in [1.29, 1.82) is 0 Å². The highest BCUT2D eigenvalue weighted by molar-refractivity contribution is 8.00. The maximum Gasteiger partial charge on any atom is 0.236 e. The molecule has 1 unspecified atom stereocenters. The third kappa shape index (κ3) is 5.12. The Morgan fingerprint density at radius 3 is 2.88 bits per heavy atom. The normalized spacial score (nSPS) is 21.0. The lowest BCUT2D eigenvalue weighted by molar-refractivity contribution is -0.139. The van der Waals surface area contributed by atoms with Gasteiger partial charge in [-0.3, -0.25) is 9.59 Å². The molecule has 0 aliphatic carbocycles. The average Bonchev–Trinajstić information content (AvgIpc) is 2.61. The summed E-state index contributed by atoms with van der Waals surface area (Å²) in [5.74, 6) is 0.804. The first kappa shape index (κ1) is 20.1. The maximum atomic E-state index is 12.6. The Labute approximate surface area is 159 Å². The van der Waals surface area contributed by atoms with Gasteiger partial charge >= 0.3 is 0 Å². The van der Waals surface area contributed by atoms with Crippen LogP contribution >= 0.6 is 24.2 Å². The van der Waals surface area contributed by atoms with Gasteiger partial charge in [0.2, 0.25) is 11.8 Å². The Kier molecular flexibility index (Phi) is 7.59. The Morgan fingerprint density at radius 1 is 1.32 bits per heavy atom. The van der Waals surface area contributed by atoms with Crippen LogP contribution in [0.1, 0.15) is 18.4 Å². The van der Waals surface area contributed by atoms with E-state index in [2.05, 4.69) is 24.4 Å². The number of aryl methyl sites for hydroxylation is 1. The number of hydrogen-bond acceptors (Lipinski definition) is 4. The molecular formula is C18H26ClN3O2S. The minimum Gasteiger partial charge on any atom is -0.340 e. The van der Waals surface area contributed by atoms with Crippen molar-refractivity contribution in [3.05, 3.63) is 29.8 Å². The molecule has 2 heterocycles. The molecule has 0 spiro atoms. The predicted octanol–water partition coefficient (Wildman–Crippen LogP) is 1.93. The number of halogens is 1. The van der Waals surface area contributed by atoms with Crippen molar-refractivity contribution in [1.82, 2.24) is 15.1 Å². The second-order valence-corrected chi connectivity index (χ2v) is 7.47. The second-order valence-electron chi connectivity index (χ2n) is 6.45. The van der Waals surface area contributed by atoms with E-state index in [0.29, 0.717) is 18.8 Å². The number of carbonyl (C=O) groups is 2. The minimum absolute atomic E-state index is 0. The molecule has 2 aliphatic rings. The number of thioether (sulfide) groups is 1. The molecule has 1 atom stereocenters. The molecule has 0 bridgehead atoms. The summed E-state index contributed by atoms with van der Waals surface area (Å²) in [7, 11) is 0. The quantitative estimate of drug-likeness (QED) is 0.807. The summed E-state index contributed by atoms with van der Waals surface area (Å²) < 4.78 is 0. The van der Waals surface area contributed by atoms with Gasteiger partial charge in [0.15, 0.2) is 0 Å². The minimum atomic E-state index is 0. The smallest absolute Gasteiger partial charge is 0.236 e. The number of carbonyl (C=O) groups excluding carboxylic acids is 2. The van der Waals surface area contributed by atoms with Crippen molar-refractivity contribution in [2.45, 2.75) is 30.7 Å². The van der Waals surface area contributed by atoms with Crippen molar-refractivity contribution < 1.29 is 9.59 Å². The molecule has 5 nitrogen and oxygen atoms in total. The van der Waals surface area contributed by atoms with E-state index in [1.807, 2.05) is 21.9 Å².